The number of carbonyl (C=O) groups is 1. The van der Waals surface area contributed by atoms with Crippen LogP contribution in [0.4, 0.5) is 4.39 Å². The van der Waals surface area contributed by atoms with Crippen LogP contribution in [0, 0.1) is 23.1 Å². The van der Waals surface area contributed by atoms with E-state index in [-0.39, 0.29) is 29.5 Å². The van der Waals surface area contributed by atoms with Crippen molar-refractivity contribution in [3.8, 4) is 6.07 Å². The number of aromatic nitrogens is 1. The van der Waals surface area contributed by atoms with Crippen LogP contribution in [-0.4, -0.2) is 40.1 Å². The minimum Gasteiger partial charge on any atom is -0.391 e. The van der Waals surface area contributed by atoms with Crippen LogP contribution in [0.15, 0.2) is 54.7 Å². The Morgan fingerprint density at radius 3 is 2.89 bits per heavy atom. The summed E-state index contributed by atoms with van der Waals surface area (Å²) in [6, 6.07) is 15.2. The Hall–Kier alpha value is -3.30. The average Bonchev–Trinajstić information content (AvgIpc) is 3.07. The molecule has 2 atom stereocenters. The van der Waals surface area contributed by atoms with Crippen molar-refractivity contribution in [3.63, 3.8) is 0 Å². The van der Waals surface area contributed by atoms with Crippen molar-refractivity contribution in [3.05, 3.63) is 77.2 Å². The lowest BCUT2D eigenvalue weighted by Crippen LogP contribution is -2.29. The number of nitrogens with zero attached hydrogens (tertiary/aromatic N) is 3. The quantitative estimate of drug-likeness (QED) is 0.764. The summed E-state index contributed by atoms with van der Waals surface area (Å²) in [5.41, 5.74) is 2.19. The van der Waals surface area contributed by atoms with Crippen molar-refractivity contribution in [1.29, 1.82) is 5.26 Å². The standard InChI is InChI=1S/C22H18FN3O2/c23-18-8-14(11-24)7-16(10-18)22(28)26-12-17(21(27)13-26)9-15-5-6-25-20-4-2-1-3-19(15)20/h1-8,10,17,21,27H,9,12-13H2/t17-,21-/m1/s1. The lowest BCUT2D eigenvalue weighted by molar-refractivity contribution is 0.0764. The highest BCUT2D eigenvalue weighted by Crippen LogP contribution is 2.26. The molecule has 0 unspecified atom stereocenters. The molecule has 1 aliphatic heterocycles. The van der Waals surface area contributed by atoms with Crippen LogP contribution >= 0.6 is 0 Å². The third kappa shape index (κ3) is 3.45. The van der Waals surface area contributed by atoms with E-state index >= 15 is 0 Å². The molecule has 140 valence electrons. The fraction of sp³-hybridized carbons (Fsp3) is 0.227. The van der Waals surface area contributed by atoms with E-state index in [1.807, 2.05) is 36.4 Å². The van der Waals surface area contributed by atoms with Gasteiger partial charge in [-0.15, -0.1) is 0 Å². The number of carbonyl (C=O) groups excluding carboxylic acids is 1. The number of fused-ring (bicyclic) bond motifs is 1. The molecular weight excluding hydrogens is 357 g/mol. The number of amides is 1. The largest absolute Gasteiger partial charge is 0.391 e. The van der Waals surface area contributed by atoms with Gasteiger partial charge in [0.05, 0.1) is 23.3 Å². The molecular formula is C22H18FN3O2. The molecule has 1 aliphatic rings. The lowest BCUT2D eigenvalue weighted by atomic mass is 9.94. The normalized spacial score (nSPS) is 19.0. The molecule has 1 aromatic heterocycles. The van der Waals surface area contributed by atoms with Crippen LogP contribution in [0.1, 0.15) is 21.5 Å². The predicted molar refractivity (Wildman–Crippen MR) is 102 cm³/mol. The van der Waals surface area contributed by atoms with Gasteiger partial charge in [0.25, 0.3) is 5.91 Å². The number of rotatable bonds is 3. The minimum atomic E-state index is -0.667. The Morgan fingerprint density at radius 2 is 2.07 bits per heavy atom. The molecule has 4 rings (SSSR count). The maximum absolute atomic E-state index is 13.7. The first-order valence-electron chi connectivity index (χ1n) is 9.06. The second kappa shape index (κ2) is 7.37. The topological polar surface area (TPSA) is 77.2 Å². The highest BCUT2D eigenvalue weighted by Gasteiger charge is 2.34. The Balaban J connectivity index is 1.54. The van der Waals surface area contributed by atoms with Gasteiger partial charge in [-0.1, -0.05) is 18.2 Å². The molecule has 1 saturated heterocycles. The zero-order valence-electron chi connectivity index (χ0n) is 15.0. The Bertz CT molecular complexity index is 1090. The molecule has 0 radical (unpaired) electrons. The number of β-amino-alcohol motifs (C(OH)–C–C–N with tert-alkyl or cyclic N) is 1. The SMILES string of the molecule is N#Cc1cc(F)cc(C(=O)N2C[C@@H](Cc3ccnc4ccccc34)[C@H](O)C2)c1. The number of hydrogen-bond acceptors (Lipinski definition) is 4. The van der Waals surface area contributed by atoms with E-state index in [0.717, 1.165) is 28.6 Å². The number of hydrogen-bond donors (Lipinski definition) is 1. The van der Waals surface area contributed by atoms with Gasteiger partial charge >= 0.3 is 0 Å². The number of pyridine rings is 1. The fourth-order valence-electron chi connectivity index (χ4n) is 3.80. The third-order valence-electron chi connectivity index (χ3n) is 5.19. The number of halogens is 1. The van der Waals surface area contributed by atoms with Gasteiger partial charge in [0.15, 0.2) is 0 Å². The monoisotopic (exact) mass is 375 g/mol. The van der Waals surface area contributed by atoms with E-state index < -0.39 is 11.9 Å². The summed E-state index contributed by atoms with van der Waals surface area (Å²) in [4.78, 5) is 18.6. The van der Waals surface area contributed by atoms with Crippen LogP contribution in [0.3, 0.4) is 0 Å². The van der Waals surface area contributed by atoms with Crippen molar-refractivity contribution in [1.82, 2.24) is 9.88 Å². The Kier molecular flexibility index (Phi) is 4.76. The van der Waals surface area contributed by atoms with E-state index in [0.29, 0.717) is 13.0 Å². The molecule has 1 fully saturated rings. The number of likely N-dealkylation sites (tertiary alicyclic amines) is 1. The van der Waals surface area contributed by atoms with Crippen molar-refractivity contribution in [2.45, 2.75) is 12.5 Å². The molecule has 1 N–H and O–H groups in total. The van der Waals surface area contributed by atoms with E-state index in [2.05, 4.69) is 4.98 Å². The maximum Gasteiger partial charge on any atom is 0.254 e. The number of aliphatic hydroxyl groups is 1. The minimum absolute atomic E-state index is 0.0999. The molecule has 3 aromatic rings. The molecule has 5 nitrogen and oxygen atoms in total. The fourth-order valence-corrected chi connectivity index (χ4v) is 3.80. The van der Waals surface area contributed by atoms with Gasteiger partial charge in [-0.3, -0.25) is 9.78 Å². The predicted octanol–water partition coefficient (Wildman–Crippen LogP) is 2.92. The number of benzene rings is 2. The van der Waals surface area contributed by atoms with Gasteiger partial charge in [-0.05, 0) is 42.3 Å². The van der Waals surface area contributed by atoms with Crippen LogP contribution in [-0.2, 0) is 6.42 Å². The van der Waals surface area contributed by atoms with Crippen molar-refractivity contribution >= 4 is 16.8 Å². The van der Waals surface area contributed by atoms with Gasteiger partial charge in [0.1, 0.15) is 5.82 Å². The molecule has 2 aromatic carbocycles. The average molecular weight is 375 g/mol. The first-order valence-corrected chi connectivity index (χ1v) is 9.06. The molecule has 0 spiro atoms. The summed E-state index contributed by atoms with van der Waals surface area (Å²) in [6.07, 6.45) is 1.69. The molecule has 0 saturated carbocycles. The van der Waals surface area contributed by atoms with Gasteiger partial charge in [0, 0.05) is 36.2 Å². The van der Waals surface area contributed by atoms with Crippen molar-refractivity contribution in [2.75, 3.05) is 13.1 Å². The number of nitriles is 1. The Labute approximate surface area is 161 Å². The summed E-state index contributed by atoms with van der Waals surface area (Å²) in [7, 11) is 0. The van der Waals surface area contributed by atoms with E-state index in [1.54, 1.807) is 6.20 Å². The highest BCUT2D eigenvalue weighted by atomic mass is 19.1. The van der Waals surface area contributed by atoms with Gasteiger partial charge in [-0.2, -0.15) is 5.26 Å². The summed E-state index contributed by atoms with van der Waals surface area (Å²) in [6.45, 7) is 0.556. The van der Waals surface area contributed by atoms with Crippen LogP contribution in [0.2, 0.25) is 0 Å². The zero-order chi connectivity index (χ0) is 19.7. The van der Waals surface area contributed by atoms with Crippen LogP contribution in [0.5, 0.6) is 0 Å². The van der Waals surface area contributed by atoms with Crippen molar-refractivity contribution in [2.24, 2.45) is 5.92 Å². The summed E-state index contributed by atoms with van der Waals surface area (Å²) >= 11 is 0. The van der Waals surface area contributed by atoms with Gasteiger partial charge < -0.3 is 10.0 Å². The second-order valence-corrected chi connectivity index (χ2v) is 7.07. The molecule has 6 heteroatoms. The Morgan fingerprint density at radius 1 is 1.25 bits per heavy atom. The van der Waals surface area contributed by atoms with Gasteiger partial charge in [-0.25, -0.2) is 4.39 Å². The second-order valence-electron chi connectivity index (χ2n) is 7.07. The molecule has 1 amide bonds. The molecule has 2 heterocycles. The van der Waals surface area contributed by atoms with Crippen LogP contribution in [0.25, 0.3) is 10.9 Å². The van der Waals surface area contributed by atoms with Crippen molar-refractivity contribution < 1.29 is 14.3 Å². The highest BCUT2D eigenvalue weighted by molar-refractivity contribution is 5.94. The first-order chi connectivity index (χ1) is 13.5. The summed E-state index contributed by atoms with van der Waals surface area (Å²) in [5, 5.41) is 20.5. The number of aliphatic hydroxyl groups excluding tert-OH is 1. The summed E-state index contributed by atoms with van der Waals surface area (Å²) in [5.74, 6) is -1.13. The third-order valence-corrected chi connectivity index (χ3v) is 5.19. The lowest BCUT2D eigenvalue weighted by Gasteiger charge is -2.17. The van der Waals surface area contributed by atoms with E-state index in [1.165, 1.54) is 11.0 Å². The molecule has 0 aliphatic carbocycles. The zero-order valence-corrected chi connectivity index (χ0v) is 15.0. The molecule has 0 bridgehead atoms. The first kappa shape index (κ1) is 18.1. The smallest absolute Gasteiger partial charge is 0.254 e. The van der Waals surface area contributed by atoms with E-state index in [4.69, 9.17) is 5.26 Å². The maximum atomic E-state index is 13.7. The molecule has 28 heavy (non-hydrogen) atoms. The summed E-state index contributed by atoms with van der Waals surface area (Å²) < 4.78 is 13.7. The van der Waals surface area contributed by atoms with E-state index in [9.17, 15) is 14.3 Å². The number of para-hydroxylation sites is 1. The van der Waals surface area contributed by atoms with Crippen LogP contribution < -0.4 is 0 Å². The van der Waals surface area contributed by atoms with Gasteiger partial charge in [0.2, 0.25) is 0 Å².